The van der Waals surface area contributed by atoms with Gasteiger partial charge in [-0.2, -0.15) is 0 Å². The van der Waals surface area contributed by atoms with Gasteiger partial charge in [-0.1, -0.05) is 48.5 Å². The Balaban J connectivity index is 1.46. The van der Waals surface area contributed by atoms with Gasteiger partial charge in [-0.15, -0.1) is 0 Å². The molecule has 1 fully saturated rings. The van der Waals surface area contributed by atoms with E-state index in [1.165, 1.54) is 16.3 Å². The van der Waals surface area contributed by atoms with Crippen LogP contribution in [0.15, 0.2) is 67.0 Å². The fourth-order valence-electron chi connectivity index (χ4n) is 3.23. The summed E-state index contributed by atoms with van der Waals surface area (Å²) in [4.78, 5) is 16.4. The van der Waals surface area contributed by atoms with Crippen LogP contribution in [-0.2, 0) is 11.3 Å². The molecule has 1 heterocycles. The minimum Gasteiger partial charge on any atom is -0.352 e. The standard InChI is InChI=1S/C20H18N2O/c23-20(22-13-14-5-4-10-21-12-14)19-11-18(19)17-9-3-7-15-6-1-2-8-16(15)17/h1-10,12,18-19H,11,13H2,(H,22,23)/t18-,19+/m1/s1. The number of rotatable bonds is 4. The third-order valence-electron chi connectivity index (χ3n) is 4.54. The van der Waals surface area contributed by atoms with Gasteiger partial charge < -0.3 is 5.32 Å². The quantitative estimate of drug-likeness (QED) is 0.799. The molecule has 2 atom stereocenters. The zero-order chi connectivity index (χ0) is 15.6. The lowest BCUT2D eigenvalue weighted by molar-refractivity contribution is -0.122. The van der Waals surface area contributed by atoms with Crippen molar-refractivity contribution >= 4 is 16.7 Å². The predicted molar refractivity (Wildman–Crippen MR) is 90.9 cm³/mol. The second-order valence-electron chi connectivity index (χ2n) is 6.10. The smallest absolute Gasteiger partial charge is 0.224 e. The normalized spacial score (nSPS) is 19.5. The van der Waals surface area contributed by atoms with Crippen molar-refractivity contribution in [1.82, 2.24) is 10.3 Å². The van der Waals surface area contributed by atoms with Gasteiger partial charge in [0.1, 0.15) is 0 Å². The van der Waals surface area contributed by atoms with Gasteiger partial charge in [0, 0.05) is 24.9 Å². The highest BCUT2D eigenvalue weighted by Crippen LogP contribution is 2.49. The van der Waals surface area contributed by atoms with Gasteiger partial charge in [0.15, 0.2) is 0 Å². The molecule has 114 valence electrons. The highest BCUT2D eigenvalue weighted by Gasteiger charge is 2.44. The van der Waals surface area contributed by atoms with Crippen molar-refractivity contribution in [2.45, 2.75) is 18.9 Å². The van der Waals surface area contributed by atoms with Crippen LogP contribution in [0.4, 0.5) is 0 Å². The topological polar surface area (TPSA) is 42.0 Å². The molecular formula is C20H18N2O. The van der Waals surface area contributed by atoms with E-state index in [4.69, 9.17) is 0 Å². The molecule has 0 radical (unpaired) electrons. The maximum absolute atomic E-state index is 12.4. The van der Waals surface area contributed by atoms with Crippen molar-refractivity contribution in [1.29, 1.82) is 0 Å². The van der Waals surface area contributed by atoms with E-state index in [0.717, 1.165) is 12.0 Å². The third-order valence-corrected chi connectivity index (χ3v) is 4.54. The number of aromatic nitrogens is 1. The molecule has 3 aromatic rings. The molecule has 3 nitrogen and oxygen atoms in total. The number of pyridine rings is 1. The van der Waals surface area contributed by atoms with Crippen molar-refractivity contribution in [2.75, 3.05) is 0 Å². The maximum Gasteiger partial charge on any atom is 0.224 e. The summed E-state index contributed by atoms with van der Waals surface area (Å²) < 4.78 is 0. The van der Waals surface area contributed by atoms with Gasteiger partial charge in [0.05, 0.1) is 0 Å². The lowest BCUT2D eigenvalue weighted by Gasteiger charge is -2.07. The number of benzene rings is 2. The summed E-state index contributed by atoms with van der Waals surface area (Å²) in [5, 5.41) is 5.54. The largest absolute Gasteiger partial charge is 0.352 e. The molecule has 0 saturated heterocycles. The number of carbonyl (C=O) groups is 1. The van der Waals surface area contributed by atoms with Crippen molar-refractivity contribution in [2.24, 2.45) is 5.92 Å². The first kappa shape index (κ1) is 13.9. The Morgan fingerprint density at radius 3 is 2.83 bits per heavy atom. The lowest BCUT2D eigenvalue weighted by atomic mass is 10.00. The SMILES string of the molecule is O=C(NCc1cccnc1)[C@H]1C[C@@H]1c1cccc2ccccc12. The van der Waals surface area contributed by atoms with Gasteiger partial charge in [-0.05, 0) is 40.3 Å². The van der Waals surface area contributed by atoms with Gasteiger partial charge in [0.2, 0.25) is 5.91 Å². The number of hydrogen-bond donors (Lipinski definition) is 1. The number of carbonyl (C=O) groups excluding carboxylic acids is 1. The number of fused-ring (bicyclic) bond motifs is 1. The molecular weight excluding hydrogens is 284 g/mol. The predicted octanol–water partition coefficient (Wildman–Crippen LogP) is 3.65. The van der Waals surface area contributed by atoms with Crippen molar-refractivity contribution in [3.8, 4) is 0 Å². The van der Waals surface area contributed by atoms with E-state index in [2.05, 4.69) is 52.8 Å². The van der Waals surface area contributed by atoms with E-state index in [-0.39, 0.29) is 11.8 Å². The summed E-state index contributed by atoms with van der Waals surface area (Å²) >= 11 is 0. The highest BCUT2D eigenvalue weighted by molar-refractivity contribution is 5.89. The average Bonchev–Trinajstić information content (AvgIpc) is 3.41. The Morgan fingerprint density at radius 1 is 1.09 bits per heavy atom. The average molecular weight is 302 g/mol. The molecule has 23 heavy (non-hydrogen) atoms. The lowest BCUT2D eigenvalue weighted by Crippen LogP contribution is -2.24. The molecule has 1 aromatic heterocycles. The molecule has 0 aliphatic heterocycles. The van der Waals surface area contributed by atoms with Gasteiger partial charge in [-0.3, -0.25) is 9.78 Å². The van der Waals surface area contributed by atoms with Crippen LogP contribution in [0, 0.1) is 5.92 Å². The molecule has 4 rings (SSSR count). The van der Waals surface area contributed by atoms with Crippen LogP contribution < -0.4 is 5.32 Å². The van der Waals surface area contributed by atoms with Crippen molar-refractivity contribution in [3.05, 3.63) is 78.1 Å². The van der Waals surface area contributed by atoms with E-state index in [0.29, 0.717) is 12.5 Å². The molecule has 3 heteroatoms. The summed E-state index contributed by atoms with van der Waals surface area (Å²) in [7, 11) is 0. The molecule has 1 aliphatic carbocycles. The summed E-state index contributed by atoms with van der Waals surface area (Å²) in [5.41, 5.74) is 2.33. The number of hydrogen-bond acceptors (Lipinski definition) is 2. The van der Waals surface area contributed by atoms with Crippen LogP contribution in [0.3, 0.4) is 0 Å². The van der Waals surface area contributed by atoms with Crippen molar-refractivity contribution in [3.63, 3.8) is 0 Å². The van der Waals surface area contributed by atoms with Crippen LogP contribution in [0.5, 0.6) is 0 Å². The van der Waals surface area contributed by atoms with E-state index < -0.39 is 0 Å². The molecule has 0 bridgehead atoms. The van der Waals surface area contributed by atoms with E-state index >= 15 is 0 Å². The van der Waals surface area contributed by atoms with Crippen LogP contribution >= 0.6 is 0 Å². The Morgan fingerprint density at radius 2 is 1.96 bits per heavy atom. The molecule has 0 unspecified atom stereocenters. The first-order valence-corrected chi connectivity index (χ1v) is 7.97. The number of nitrogens with one attached hydrogen (secondary N) is 1. The van der Waals surface area contributed by atoms with Crippen molar-refractivity contribution < 1.29 is 4.79 Å². The Kier molecular flexibility index (Phi) is 3.54. The molecule has 2 aromatic carbocycles. The van der Waals surface area contributed by atoms with E-state index in [9.17, 15) is 4.79 Å². The van der Waals surface area contributed by atoms with Gasteiger partial charge in [0.25, 0.3) is 0 Å². The van der Waals surface area contributed by atoms with Crippen LogP contribution in [-0.4, -0.2) is 10.9 Å². The monoisotopic (exact) mass is 302 g/mol. The van der Waals surface area contributed by atoms with Gasteiger partial charge in [-0.25, -0.2) is 0 Å². The fourth-order valence-corrected chi connectivity index (χ4v) is 3.23. The third kappa shape index (κ3) is 2.82. The molecule has 1 amide bonds. The van der Waals surface area contributed by atoms with Crippen LogP contribution in [0.1, 0.15) is 23.5 Å². The minimum atomic E-state index is 0.0949. The Hall–Kier alpha value is -2.68. The summed E-state index contributed by atoms with van der Waals surface area (Å²) in [6, 6.07) is 18.6. The fraction of sp³-hybridized carbons (Fsp3) is 0.200. The molecule has 1 N–H and O–H groups in total. The van der Waals surface area contributed by atoms with E-state index in [1.54, 1.807) is 12.4 Å². The van der Waals surface area contributed by atoms with Crippen LogP contribution in [0.25, 0.3) is 10.8 Å². The zero-order valence-electron chi connectivity index (χ0n) is 12.8. The van der Waals surface area contributed by atoms with Crippen LogP contribution in [0.2, 0.25) is 0 Å². The number of amides is 1. The highest BCUT2D eigenvalue weighted by atomic mass is 16.2. The molecule has 1 saturated carbocycles. The zero-order valence-corrected chi connectivity index (χ0v) is 12.8. The second-order valence-corrected chi connectivity index (χ2v) is 6.10. The summed E-state index contributed by atoms with van der Waals surface area (Å²) in [5.74, 6) is 0.583. The Bertz CT molecular complexity index is 839. The first-order chi connectivity index (χ1) is 11.3. The molecule has 1 aliphatic rings. The van der Waals surface area contributed by atoms with E-state index in [1.807, 2.05) is 12.1 Å². The Labute approximate surface area is 135 Å². The maximum atomic E-state index is 12.4. The number of nitrogens with zero attached hydrogens (tertiary/aromatic N) is 1. The first-order valence-electron chi connectivity index (χ1n) is 7.97. The second kappa shape index (κ2) is 5.84. The van der Waals surface area contributed by atoms with Gasteiger partial charge >= 0.3 is 0 Å². The molecule has 0 spiro atoms. The summed E-state index contributed by atoms with van der Waals surface area (Å²) in [6.45, 7) is 0.547. The minimum absolute atomic E-state index is 0.0949. The summed E-state index contributed by atoms with van der Waals surface area (Å²) in [6.07, 6.45) is 4.46.